The second-order valence-electron chi connectivity index (χ2n) is 8.57. The van der Waals surface area contributed by atoms with Gasteiger partial charge in [-0.2, -0.15) is 0 Å². The number of nitrogens with zero attached hydrogens (tertiary/aromatic N) is 1. The zero-order chi connectivity index (χ0) is 23.2. The van der Waals surface area contributed by atoms with Crippen molar-refractivity contribution >= 4 is 16.8 Å². The third-order valence-electron chi connectivity index (χ3n) is 5.85. The smallest absolute Gasteiger partial charge is 0.251 e. The number of halogens is 1. The number of aromatic amines is 1. The van der Waals surface area contributed by atoms with E-state index in [2.05, 4.69) is 9.55 Å². The molecule has 164 valence electrons. The summed E-state index contributed by atoms with van der Waals surface area (Å²) in [4.78, 5) is 28.0. The van der Waals surface area contributed by atoms with E-state index in [0.717, 1.165) is 27.7 Å². The van der Waals surface area contributed by atoms with Crippen LogP contribution in [0.2, 0.25) is 0 Å². The van der Waals surface area contributed by atoms with Gasteiger partial charge >= 0.3 is 0 Å². The van der Waals surface area contributed by atoms with Gasteiger partial charge < -0.3 is 15.3 Å². The Morgan fingerprint density at radius 2 is 1.88 bits per heavy atom. The third kappa shape index (κ3) is 3.84. The van der Waals surface area contributed by atoms with Gasteiger partial charge in [0.2, 0.25) is 5.91 Å². The number of aryl methyl sites for hydroxylation is 2. The van der Waals surface area contributed by atoms with Crippen LogP contribution in [0.3, 0.4) is 0 Å². The van der Waals surface area contributed by atoms with Crippen LogP contribution in [0.4, 0.5) is 4.39 Å². The molecule has 0 aliphatic rings. The van der Waals surface area contributed by atoms with Gasteiger partial charge in [0.25, 0.3) is 5.56 Å². The first-order valence-electron chi connectivity index (χ1n) is 10.6. The molecular weight excluding hydrogens is 405 g/mol. The number of hydrogen-bond acceptors (Lipinski definition) is 2. The molecular formula is C26H26FN3O2. The standard InChI is InChI=1S/C26H26FN3O2/c1-14(2)30-13-19(11-21-15(3)8-16(4)29-26(21)32)24-22(25(28)31)10-18(12-23(24)30)17-6-5-7-20(27)9-17/h5-10,12-14H,11H2,1-4H3,(H2,28,31)(H,29,32). The fourth-order valence-corrected chi connectivity index (χ4v) is 4.35. The monoisotopic (exact) mass is 431 g/mol. The average molecular weight is 432 g/mol. The maximum Gasteiger partial charge on any atom is 0.251 e. The van der Waals surface area contributed by atoms with Crippen LogP contribution in [-0.2, 0) is 6.42 Å². The number of H-pyrrole nitrogens is 1. The van der Waals surface area contributed by atoms with Crippen molar-refractivity contribution in [1.29, 1.82) is 0 Å². The highest BCUT2D eigenvalue weighted by Gasteiger charge is 2.20. The Morgan fingerprint density at radius 1 is 1.12 bits per heavy atom. The van der Waals surface area contributed by atoms with E-state index in [1.165, 1.54) is 12.1 Å². The summed E-state index contributed by atoms with van der Waals surface area (Å²) < 4.78 is 15.9. The van der Waals surface area contributed by atoms with Crippen LogP contribution in [0.5, 0.6) is 0 Å². The van der Waals surface area contributed by atoms with Gasteiger partial charge in [-0.3, -0.25) is 9.59 Å². The quantitative estimate of drug-likeness (QED) is 0.465. The number of nitrogens with two attached hydrogens (primary N) is 1. The molecule has 1 amide bonds. The summed E-state index contributed by atoms with van der Waals surface area (Å²) >= 11 is 0. The highest BCUT2D eigenvalue weighted by molar-refractivity contribution is 6.09. The number of hydrogen-bond donors (Lipinski definition) is 2. The normalized spacial score (nSPS) is 11.4. The Hall–Kier alpha value is -3.67. The fourth-order valence-electron chi connectivity index (χ4n) is 4.35. The van der Waals surface area contributed by atoms with Gasteiger partial charge in [0, 0.05) is 46.4 Å². The molecule has 0 aliphatic carbocycles. The molecule has 6 heteroatoms. The Kier molecular flexibility index (Phi) is 5.46. The van der Waals surface area contributed by atoms with Crippen LogP contribution in [-0.4, -0.2) is 15.5 Å². The molecule has 3 N–H and O–H groups in total. The second kappa shape index (κ2) is 8.11. The molecule has 0 spiro atoms. The van der Waals surface area contributed by atoms with Crippen LogP contribution in [0.25, 0.3) is 22.0 Å². The van der Waals surface area contributed by atoms with Gasteiger partial charge in [0.05, 0.1) is 0 Å². The Balaban J connectivity index is 2.00. The van der Waals surface area contributed by atoms with Gasteiger partial charge in [-0.25, -0.2) is 4.39 Å². The maximum absolute atomic E-state index is 13.9. The number of carbonyl (C=O) groups excluding carboxylic acids is 1. The summed E-state index contributed by atoms with van der Waals surface area (Å²) in [5.41, 5.74) is 11.4. The summed E-state index contributed by atoms with van der Waals surface area (Å²) in [7, 11) is 0. The number of nitrogens with one attached hydrogen (secondary N) is 1. The Bertz CT molecular complexity index is 1410. The maximum atomic E-state index is 13.9. The molecule has 2 heterocycles. The molecule has 0 saturated carbocycles. The number of amides is 1. The molecule has 0 unspecified atom stereocenters. The minimum absolute atomic E-state index is 0.104. The van der Waals surface area contributed by atoms with Gasteiger partial charge in [0.1, 0.15) is 5.82 Å². The van der Waals surface area contributed by atoms with Crippen LogP contribution in [0.1, 0.15) is 52.6 Å². The van der Waals surface area contributed by atoms with E-state index in [-0.39, 0.29) is 17.4 Å². The minimum atomic E-state index is -0.564. The number of aromatic nitrogens is 2. The SMILES string of the molecule is Cc1cc(C)c(Cc2cn(C(C)C)c3cc(-c4cccc(F)c4)cc(C(N)=O)c23)c(=O)[nH]1. The van der Waals surface area contributed by atoms with Crippen molar-refractivity contribution in [2.75, 3.05) is 0 Å². The number of benzene rings is 2. The van der Waals surface area contributed by atoms with E-state index in [9.17, 15) is 14.0 Å². The number of rotatable bonds is 5. The van der Waals surface area contributed by atoms with Crippen LogP contribution >= 0.6 is 0 Å². The summed E-state index contributed by atoms with van der Waals surface area (Å²) in [6.45, 7) is 7.86. The van der Waals surface area contributed by atoms with Gasteiger partial charge in [-0.05, 0) is 80.3 Å². The Labute approximate surface area is 185 Å². The molecule has 2 aromatic heterocycles. The summed E-state index contributed by atoms with van der Waals surface area (Å²) in [6.07, 6.45) is 2.35. The molecule has 4 aromatic rings. The fraction of sp³-hybridized carbons (Fsp3) is 0.231. The molecule has 0 bridgehead atoms. The van der Waals surface area contributed by atoms with E-state index >= 15 is 0 Å². The molecule has 4 rings (SSSR count). The lowest BCUT2D eigenvalue weighted by Gasteiger charge is -2.12. The van der Waals surface area contributed by atoms with Crippen molar-refractivity contribution in [3.8, 4) is 11.1 Å². The van der Waals surface area contributed by atoms with Gasteiger partial charge in [-0.15, -0.1) is 0 Å². The lowest BCUT2D eigenvalue weighted by molar-refractivity contribution is 0.100. The van der Waals surface area contributed by atoms with E-state index in [0.29, 0.717) is 28.7 Å². The third-order valence-corrected chi connectivity index (χ3v) is 5.85. The van der Waals surface area contributed by atoms with E-state index < -0.39 is 5.91 Å². The van der Waals surface area contributed by atoms with E-state index in [1.54, 1.807) is 18.2 Å². The molecule has 0 atom stereocenters. The molecule has 5 nitrogen and oxygen atoms in total. The largest absolute Gasteiger partial charge is 0.366 e. The number of pyridine rings is 1. The molecule has 0 radical (unpaired) electrons. The average Bonchev–Trinajstić information content (AvgIpc) is 3.08. The Morgan fingerprint density at radius 3 is 2.50 bits per heavy atom. The summed E-state index contributed by atoms with van der Waals surface area (Å²) in [5, 5.41) is 0.728. The lowest BCUT2D eigenvalue weighted by atomic mass is 9.95. The summed E-state index contributed by atoms with van der Waals surface area (Å²) in [5.74, 6) is -0.914. The number of carbonyl (C=O) groups is 1. The van der Waals surface area contributed by atoms with Crippen molar-refractivity contribution in [2.24, 2.45) is 5.73 Å². The van der Waals surface area contributed by atoms with Crippen molar-refractivity contribution in [3.05, 3.63) is 92.8 Å². The molecule has 0 fully saturated rings. The molecule has 0 saturated heterocycles. The molecule has 32 heavy (non-hydrogen) atoms. The van der Waals surface area contributed by atoms with Crippen molar-refractivity contribution in [3.63, 3.8) is 0 Å². The first-order valence-corrected chi connectivity index (χ1v) is 10.6. The van der Waals surface area contributed by atoms with Crippen LogP contribution in [0, 0.1) is 19.7 Å². The predicted molar refractivity (Wildman–Crippen MR) is 126 cm³/mol. The number of primary amides is 1. The van der Waals surface area contributed by atoms with Crippen LogP contribution < -0.4 is 11.3 Å². The number of fused-ring (bicyclic) bond motifs is 1. The van der Waals surface area contributed by atoms with E-state index in [1.807, 2.05) is 46.0 Å². The highest BCUT2D eigenvalue weighted by atomic mass is 19.1. The second-order valence-corrected chi connectivity index (χ2v) is 8.57. The van der Waals surface area contributed by atoms with Crippen molar-refractivity contribution < 1.29 is 9.18 Å². The van der Waals surface area contributed by atoms with Crippen molar-refractivity contribution in [2.45, 2.75) is 40.2 Å². The molecule has 0 aliphatic heterocycles. The first kappa shape index (κ1) is 21.6. The van der Waals surface area contributed by atoms with Gasteiger partial charge in [-0.1, -0.05) is 12.1 Å². The van der Waals surface area contributed by atoms with Crippen LogP contribution in [0.15, 0.2) is 53.5 Å². The topological polar surface area (TPSA) is 80.9 Å². The minimum Gasteiger partial charge on any atom is -0.366 e. The highest BCUT2D eigenvalue weighted by Crippen LogP contribution is 2.34. The van der Waals surface area contributed by atoms with Crippen molar-refractivity contribution in [1.82, 2.24) is 9.55 Å². The lowest BCUT2D eigenvalue weighted by Crippen LogP contribution is -2.16. The zero-order valence-electron chi connectivity index (χ0n) is 18.6. The first-order chi connectivity index (χ1) is 15.2. The molecule has 2 aromatic carbocycles. The van der Waals surface area contributed by atoms with Gasteiger partial charge in [0.15, 0.2) is 0 Å². The predicted octanol–water partition coefficient (Wildman–Crippen LogP) is 5.02. The zero-order valence-corrected chi connectivity index (χ0v) is 18.6. The summed E-state index contributed by atoms with van der Waals surface area (Å²) in [6, 6.07) is 12.0. The van der Waals surface area contributed by atoms with E-state index in [4.69, 9.17) is 5.73 Å².